The van der Waals surface area contributed by atoms with Gasteiger partial charge >= 0.3 is 0 Å². The number of rotatable bonds is 5. The predicted molar refractivity (Wildman–Crippen MR) is 106 cm³/mol. The summed E-state index contributed by atoms with van der Waals surface area (Å²) >= 11 is 0. The van der Waals surface area contributed by atoms with Crippen molar-refractivity contribution in [2.24, 2.45) is 0 Å². The molecule has 0 spiro atoms. The molecule has 0 aliphatic heterocycles. The number of amides is 2. The molecule has 8 heteroatoms. The summed E-state index contributed by atoms with van der Waals surface area (Å²) in [6.45, 7) is 5.83. The summed E-state index contributed by atoms with van der Waals surface area (Å²) in [5.74, 6) is -0.645. The number of nitrogens with one attached hydrogen (secondary N) is 2. The number of benzene rings is 2. The number of aromatic nitrogens is 2. The highest BCUT2D eigenvalue weighted by Gasteiger charge is 2.20. The Morgan fingerprint density at radius 3 is 2.24 bits per heavy atom. The van der Waals surface area contributed by atoms with E-state index in [1.165, 1.54) is 12.1 Å². The smallest absolute Gasteiger partial charge is 0.273 e. The van der Waals surface area contributed by atoms with E-state index in [2.05, 4.69) is 16.0 Å². The van der Waals surface area contributed by atoms with E-state index in [4.69, 9.17) is 4.74 Å². The Morgan fingerprint density at radius 1 is 1.00 bits per heavy atom. The van der Waals surface area contributed by atoms with Gasteiger partial charge in [-0.15, -0.1) is 0 Å². The van der Waals surface area contributed by atoms with Crippen LogP contribution in [0.2, 0.25) is 0 Å². The van der Waals surface area contributed by atoms with E-state index in [9.17, 15) is 14.0 Å². The predicted octanol–water partition coefficient (Wildman–Crippen LogP) is 3.10. The first-order valence-corrected chi connectivity index (χ1v) is 9.06. The largest absolute Gasteiger partial charge is 0.494 e. The van der Waals surface area contributed by atoms with Gasteiger partial charge in [0.05, 0.1) is 29.2 Å². The molecule has 2 aromatic carbocycles. The van der Waals surface area contributed by atoms with Gasteiger partial charge in [0.15, 0.2) is 0 Å². The Hall–Kier alpha value is -3.68. The Morgan fingerprint density at radius 2 is 1.62 bits per heavy atom. The molecule has 0 saturated heterocycles. The van der Waals surface area contributed by atoms with Crippen LogP contribution < -0.4 is 15.6 Å². The molecule has 29 heavy (non-hydrogen) atoms. The number of hydrogen-bond acceptors (Lipinski definition) is 4. The maximum atomic E-state index is 13.2. The third kappa shape index (κ3) is 4.43. The van der Waals surface area contributed by atoms with Crippen molar-refractivity contribution in [1.29, 1.82) is 0 Å². The number of nitrogens with zero attached hydrogens (tertiary/aromatic N) is 2. The first-order valence-electron chi connectivity index (χ1n) is 9.06. The lowest BCUT2D eigenvalue weighted by molar-refractivity contribution is 0.0846. The summed E-state index contributed by atoms with van der Waals surface area (Å²) in [4.78, 5) is 24.9. The Bertz CT molecular complexity index is 1030. The van der Waals surface area contributed by atoms with E-state index >= 15 is 0 Å². The highest BCUT2D eigenvalue weighted by atomic mass is 19.1. The summed E-state index contributed by atoms with van der Waals surface area (Å²) in [7, 11) is 0. The molecule has 1 aromatic heterocycles. The van der Waals surface area contributed by atoms with Crippen molar-refractivity contribution in [2.75, 3.05) is 6.61 Å². The van der Waals surface area contributed by atoms with E-state index in [0.29, 0.717) is 40.6 Å². The SMILES string of the molecule is CCOc1ccc(C(=O)NNC(=O)c2c(C)nn(-c3ccc(F)cc3)c2C)cc1. The van der Waals surface area contributed by atoms with E-state index in [-0.39, 0.29) is 5.82 Å². The van der Waals surface area contributed by atoms with Gasteiger partial charge in [-0.3, -0.25) is 20.4 Å². The molecule has 0 saturated carbocycles. The van der Waals surface area contributed by atoms with Crippen LogP contribution in [0.3, 0.4) is 0 Å². The summed E-state index contributed by atoms with van der Waals surface area (Å²) in [5, 5.41) is 4.35. The lowest BCUT2D eigenvalue weighted by Crippen LogP contribution is -2.42. The minimum atomic E-state index is -0.493. The van der Waals surface area contributed by atoms with Crippen molar-refractivity contribution >= 4 is 11.8 Å². The van der Waals surface area contributed by atoms with Crippen molar-refractivity contribution in [2.45, 2.75) is 20.8 Å². The van der Waals surface area contributed by atoms with Crippen LogP contribution in [0.4, 0.5) is 4.39 Å². The summed E-state index contributed by atoms with van der Waals surface area (Å²) in [6.07, 6.45) is 0. The molecular formula is C21H21FN4O3. The van der Waals surface area contributed by atoms with Gasteiger partial charge in [-0.2, -0.15) is 5.10 Å². The fourth-order valence-corrected chi connectivity index (χ4v) is 2.92. The molecule has 3 aromatic rings. The number of hydrazine groups is 1. The molecule has 0 fully saturated rings. The quantitative estimate of drug-likeness (QED) is 0.649. The van der Waals surface area contributed by atoms with Crippen LogP contribution >= 0.6 is 0 Å². The van der Waals surface area contributed by atoms with E-state index in [1.807, 2.05) is 6.92 Å². The van der Waals surface area contributed by atoms with Gasteiger partial charge in [0.25, 0.3) is 11.8 Å². The lowest BCUT2D eigenvalue weighted by atomic mass is 10.2. The van der Waals surface area contributed by atoms with Gasteiger partial charge in [0.2, 0.25) is 0 Å². The molecule has 7 nitrogen and oxygen atoms in total. The second-order valence-corrected chi connectivity index (χ2v) is 6.30. The summed E-state index contributed by atoms with van der Waals surface area (Å²) in [5.41, 5.74) is 7.20. The zero-order valence-electron chi connectivity index (χ0n) is 16.3. The zero-order valence-corrected chi connectivity index (χ0v) is 16.3. The van der Waals surface area contributed by atoms with Crippen LogP contribution in [-0.2, 0) is 0 Å². The molecule has 0 unspecified atom stereocenters. The number of aryl methyl sites for hydroxylation is 1. The van der Waals surface area contributed by atoms with E-state index in [0.717, 1.165) is 0 Å². The molecule has 3 rings (SSSR count). The minimum absolute atomic E-state index is 0.335. The van der Waals surface area contributed by atoms with Crippen LogP contribution in [0, 0.1) is 19.7 Å². The first kappa shape index (κ1) is 20.1. The monoisotopic (exact) mass is 396 g/mol. The van der Waals surface area contributed by atoms with Crippen molar-refractivity contribution in [3.63, 3.8) is 0 Å². The maximum Gasteiger partial charge on any atom is 0.273 e. The number of ether oxygens (including phenoxy) is 1. The molecule has 2 N–H and O–H groups in total. The molecule has 0 atom stereocenters. The molecule has 0 radical (unpaired) electrons. The fraction of sp³-hybridized carbons (Fsp3) is 0.190. The average molecular weight is 396 g/mol. The average Bonchev–Trinajstić information content (AvgIpc) is 3.01. The van der Waals surface area contributed by atoms with Gasteiger partial charge in [-0.05, 0) is 69.3 Å². The normalized spacial score (nSPS) is 10.5. The van der Waals surface area contributed by atoms with Crippen LogP contribution in [0.1, 0.15) is 39.0 Å². The van der Waals surface area contributed by atoms with Gasteiger partial charge in [-0.25, -0.2) is 9.07 Å². The molecule has 1 heterocycles. The van der Waals surface area contributed by atoms with Crippen molar-refractivity contribution in [3.8, 4) is 11.4 Å². The number of carbonyl (C=O) groups is 2. The van der Waals surface area contributed by atoms with Gasteiger partial charge < -0.3 is 4.74 Å². The van der Waals surface area contributed by atoms with Crippen LogP contribution in [0.15, 0.2) is 48.5 Å². The first-order chi connectivity index (χ1) is 13.9. The topological polar surface area (TPSA) is 85.2 Å². The van der Waals surface area contributed by atoms with Crippen molar-refractivity contribution in [1.82, 2.24) is 20.6 Å². The second-order valence-electron chi connectivity index (χ2n) is 6.30. The molecule has 0 aliphatic carbocycles. The number of carbonyl (C=O) groups excluding carboxylic acids is 2. The standard InChI is InChI=1S/C21H21FN4O3/c1-4-29-18-11-5-15(6-12-18)20(27)23-24-21(28)19-13(2)25-26(14(19)3)17-9-7-16(22)8-10-17/h5-12H,4H2,1-3H3,(H,23,27)(H,24,28). The van der Waals surface area contributed by atoms with Gasteiger partial charge in [0, 0.05) is 5.56 Å². The maximum absolute atomic E-state index is 13.2. The van der Waals surface area contributed by atoms with E-state index < -0.39 is 11.8 Å². The Balaban J connectivity index is 1.70. The third-order valence-electron chi connectivity index (χ3n) is 4.31. The molecule has 2 amide bonds. The molecule has 150 valence electrons. The lowest BCUT2D eigenvalue weighted by Gasteiger charge is -2.09. The van der Waals surface area contributed by atoms with Crippen molar-refractivity contribution in [3.05, 3.63) is 76.9 Å². The van der Waals surface area contributed by atoms with Gasteiger partial charge in [-0.1, -0.05) is 0 Å². The Labute approximate surface area is 167 Å². The molecule has 0 aliphatic rings. The highest BCUT2D eigenvalue weighted by Crippen LogP contribution is 2.18. The fourth-order valence-electron chi connectivity index (χ4n) is 2.92. The highest BCUT2D eigenvalue weighted by molar-refractivity contribution is 6.00. The zero-order chi connectivity index (χ0) is 21.0. The third-order valence-corrected chi connectivity index (χ3v) is 4.31. The minimum Gasteiger partial charge on any atom is -0.494 e. The van der Waals surface area contributed by atoms with Gasteiger partial charge in [0.1, 0.15) is 11.6 Å². The summed E-state index contributed by atoms with van der Waals surface area (Å²) in [6, 6.07) is 12.4. The van der Waals surface area contributed by atoms with Crippen LogP contribution in [-0.4, -0.2) is 28.2 Å². The number of hydrogen-bond donors (Lipinski definition) is 2. The summed E-state index contributed by atoms with van der Waals surface area (Å²) < 4.78 is 20.0. The molecule has 0 bridgehead atoms. The van der Waals surface area contributed by atoms with Crippen LogP contribution in [0.5, 0.6) is 5.75 Å². The second kappa shape index (κ2) is 8.55. The Kier molecular flexibility index (Phi) is 5.92. The van der Waals surface area contributed by atoms with E-state index in [1.54, 1.807) is 54.9 Å². The molecular weight excluding hydrogens is 375 g/mol. The number of halogens is 1. The van der Waals surface area contributed by atoms with Crippen LogP contribution in [0.25, 0.3) is 5.69 Å². The van der Waals surface area contributed by atoms with Crippen molar-refractivity contribution < 1.29 is 18.7 Å².